The largest absolute Gasteiger partial charge is 0.480 e. The zero-order valence-corrected chi connectivity index (χ0v) is 10.6. The van der Waals surface area contributed by atoms with E-state index in [0.29, 0.717) is 5.56 Å². The number of aryl methyl sites for hydroxylation is 1. The molecule has 0 spiro atoms. The van der Waals surface area contributed by atoms with E-state index in [4.69, 9.17) is 0 Å². The molecule has 0 radical (unpaired) electrons. The highest BCUT2D eigenvalue weighted by atomic mass is 32.1. The van der Waals surface area contributed by atoms with E-state index in [9.17, 15) is 24.6 Å². The highest BCUT2D eigenvalue weighted by Gasteiger charge is 2.58. The molecule has 6 nitrogen and oxygen atoms in total. The summed E-state index contributed by atoms with van der Waals surface area (Å²) >= 11 is 0.905. The first-order chi connectivity index (χ1) is 8.37. The van der Waals surface area contributed by atoms with Gasteiger partial charge in [-0.3, -0.25) is 0 Å². The van der Waals surface area contributed by atoms with Crippen LogP contribution in [0.5, 0.6) is 0 Å². The van der Waals surface area contributed by atoms with E-state index in [-0.39, 0.29) is 11.5 Å². The van der Waals surface area contributed by atoms with Crippen LogP contribution < -0.4 is 0 Å². The van der Waals surface area contributed by atoms with Crippen LogP contribution in [0.2, 0.25) is 0 Å². The molecule has 1 aromatic heterocycles. The van der Waals surface area contributed by atoms with Crippen LogP contribution in [0.3, 0.4) is 0 Å². The Morgan fingerprint density at radius 2 is 1.89 bits per heavy atom. The Morgan fingerprint density at radius 1 is 1.33 bits per heavy atom. The summed E-state index contributed by atoms with van der Waals surface area (Å²) in [5.74, 6) is -4.79. The fourth-order valence-electron chi connectivity index (χ4n) is 1.44. The predicted molar refractivity (Wildman–Crippen MR) is 62.6 cm³/mol. The first kappa shape index (κ1) is 14.2. The van der Waals surface area contributed by atoms with Crippen LogP contribution in [0.15, 0.2) is 11.4 Å². The third-order valence-electron chi connectivity index (χ3n) is 2.32. The second-order valence-corrected chi connectivity index (χ2v) is 4.48. The topological polar surface area (TPSA) is 101 Å². The van der Waals surface area contributed by atoms with Crippen molar-refractivity contribution in [3.63, 3.8) is 0 Å². The van der Waals surface area contributed by atoms with Crippen molar-refractivity contribution in [1.29, 1.82) is 0 Å². The summed E-state index contributed by atoms with van der Waals surface area (Å²) in [6.07, 6.45) is 0. The quantitative estimate of drug-likeness (QED) is 0.613. The van der Waals surface area contributed by atoms with Gasteiger partial charge in [0.1, 0.15) is 0 Å². The van der Waals surface area contributed by atoms with Gasteiger partial charge in [0, 0.05) is 4.88 Å². The number of rotatable bonds is 5. The van der Waals surface area contributed by atoms with Crippen molar-refractivity contribution in [2.45, 2.75) is 19.3 Å². The molecule has 0 bridgehead atoms. The number of carbonyl (C=O) groups is 3. The number of esters is 1. The van der Waals surface area contributed by atoms with E-state index in [1.807, 2.05) is 0 Å². The summed E-state index contributed by atoms with van der Waals surface area (Å²) in [4.78, 5) is 34.3. The summed E-state index contributed by atoms with van der Waals surface area (Å²) in [6.45, 7) is 3.07. The molecule has 0 saturated carbocycles. The highest BCUT2D eigenvalue weighted by molar-refractivity contribution is 7.10. The molecule has 1 heterocycles. The Labute approximate surface area is 107 Å². The number of carboxylic acid groups (broad SMARTS) is 2. The van der Waals surface area contributed by atoms with Gasteiger partial charge in [0.05, 0.1) is 6.61 Å². The fourth-order valence-corrected chi connectivity index (χ4v) is 2.51. The number of carboxylic acids is 2. The third kappa shape index (κ3) is 2.08. The van der Waals surface area contributed by atoms with Gasteiger partial charge in [-0.2, -0.15) is 0 Å². The molecule has 98 valence electrons. The molecular weight excluding hydrogens is 260 g/mol. The van der Waals surface area contributed by atoms with Gasteiger partial charge in [0.2, 0.25) is 0 Å². The lowest BCUT2D eigenvalue weighted by atomic mass is 9.86. The minimum Gasteiger partial charge on any atom is -0.480 e. The molecule has 0 aliphatic heterocycles. The average Bonchev–Trinajstić information content (AvgIpc) is 2.65. The van der Waals surface area contributed by atoms with Gasteiger partial charge < -0.3 is 14.9 Å². The molecule has 0 saturated heterocycles. The molecule has 0 aliphatic rings. The van der Waals surface area contributed by atoms with E-state index < -0.39 is 23.3 Å². The monoisotopic (exact) mass is 272 g/mol. The summed E-state index contributed by atoms with van der Waals surface area (Å²) in [5.41, 5.74) is -2.00. The second-order valence-electron chi connectivity index (χ2n) is 3.57. The van der Waals surface area contributed by atoms with Crippen LogP contribution in [0.1, 0.15) is 17.4 Å². The van der Waals surface area contributed by atoms with Gasteiger partial charge in [0.15, 0.2) is 0 Å². The smallest absolute Gasteiger partial charge is 0.340 e. The van der Waals surface area contributed by atoms with Crippen LogP contribution in [-0.4, -0.2) is 34.7 Å². The minimum absolute atomic E-state index is 0.0709. The Hall–Kier alpha value is -1.89. The Morgan fingerprint density at radius 3 is 2.22 bits per heavy atom. The zero-order valence-electron chi connectivity index (χ0n) is 9.80. The van der Waals surface area contributed by atoms with Crippen LogP contribution >= 0.6 is 11.3 Å². The van der Waals surface area contributed by atoms with E-state index in [0.717, 1.165) is 11.3 Å². The van der Waals surface area contributed by atoms with Gasteiger partial charge in [-0.05, 0) is 30.9 Å². The lowest BCUT2D eigenvalue weighted by Gasteiger charge is -2.21. The lowest BCUT2D eigenvalue weighted by Crippen LogP contribution is -2.51. The van der Waals surface area contributed by atoms with Gasteiger partial charge in [0.25, 0.3) is 5.41 Å². The van der Waals surface area contributed by atoms with Crippen molar-refractivity contribution < 1.29 is 29.3 Å². The van der Waals surface area contributed by atoms with E-state index in [2.05, 4.69) is 4.74 Å². The molecule has 2 N–H and O–H groups in total. The maximum atomic E-state index is 11.8. The molecule has 1 rings (SSSR count). The third-order valence-corrected chi connectivity index (χ3v) is 3.49. The Kier molecular flexibility index (Phi) is 4.07. The van der Waals surface area contributed by atoms with Crippen molar-refractivity contribution in [3.8, 4) is 0 Å². The predicted octanol–water partition coefficient (Wildman–Crippen LogP) is 1.03. The molecule has 0 amide bonds. The van der Waals surface area contributed by atoms with Gasteiger partial charge in [-0.25, -0.2) is 14.4 Å². The second kappa shape index (κ2) is 5.18. The Balaban J connectivity index is 3.45. The van der Waals surface area contributed by atoms with Crippen LogP contribution in [-0.2, 0) is 24.5 Å². The van der Waals surface area contributed by atoms with Crippen LogP contribution in [0.4, 0.5) is 0 Å². The van der Waals surface area contributed by atoms with Gasteiger partial charge >= 0.3 is 17.9 Å². The van der Waals surface area contributed by atoms with Gasteiger partial charge in [-0.15, -0.1) is 11.3 Å². The summed E-state index contributed by atoms with van der Waals surface area (Å²) in [7, 11) is 0. The molecule has 7 heteroatoms. The molecule has 0 atom stereocenters. The molecule has 18 heavy (non-hydrogen) atoms. The first-order valence-corrected chi connectivity index (χ1v) is 5.94. The number of thiophene rings is 1. The standard InChI is InChI=1S/C11H12O6S/c1-3-17-10(16)11(8(12)13,9(14)15)7-4-6(2)5-18-7/h4-5H,3H2,1-2H3,(H,12,13)(H,14,15). The first-order valence-electron chi connectivity index (χ1n) is 5.07. The number of ether oxygens (including phenoxy) is 1. The average molecular weight is 272 g/mol. The number of carbonyl (C=O) groups excluding carboxylic acids is 1. The maximum absolute atomic E-state index is 11.8. The van der Waals surface area contributed by atoms with E-state index >= 15 is 0 Å². The molecule has 0 aliphatic carbocycles. The number of hydrogen-bond donors (Lipinski definition) is 2. The van der Waals surface area contributed by atoms with Crippen molar-refractivity contribution in [3.05, 3.63) is 21.9 Å². The maximum Gasteiger partial charge on any atom is 0.340 e. The number of hydrogen-bond acceptors (Lipinski definition) is 5. The molecule has 0 fully saturated rings. The lowest BCUT2D eigenvalue weighted by molar-refractivity contribution is -0.170. The van der Waals surface area contributed by atoms with E-state index in [1.165, 1.54) is 13.0 Å². The van der Waals surface area contributed by atoms with Crippen molar-refractivity contribution in [1.82, 2.24) is 0 Å². The molecule has 0 aromatic carbocycles. The van der Waals surface area contributed by atoms with Crippen molar-refractivity contribution >= 4 is 29.2 Å². The van der Waals surface area contributed by atoms with Crippen LogP contribution in [0.25, 0.3) is 0 Å². The summed E-state index contributed by atoms with van der Waals surface area (Å²) in [5, 5.41) is 19.9. The fraction of sp³-hybridized carbons (Fsp3) is 0.364. The number of aliphatic carboxylic acids is 2. The summed E-state index contributed by atoms with van der Waals surface area (Å²) in [6, 6.07) is 1.36. The van der Waals surface area contributed by atoms with Crippen molar-refractivity contribution in [2.24, 2.45) is 0 Å². The SMILES string of the molecule is CCOC(=O)C(C(=O)O)(C(=O)O)c1cc(C)cs1. The molecular formula is C11H12O6S. The molecule has 1 aromatic rings. The normalized spacial score (nSPS) is 11.0. The Bertz CT molecular complexity index is 475. The van der Waals surface area contributed by atoms with Crippen molar-refractivity contribution in [2.75, 3.05) is 6.61 Å². The highest BCUT2D eigenvalue weighted by Crippen LogP contribution is 2.32. The molecule has 0 unspecified atom stereocenters. The van der Waals surface area contributed by atoms with E-state index in [1.54, 1.807) is 12.3 Å². The van der Waals surface area contributed by atoms with Gasteiger partial charge in [-0.1, -0.05) is 0 Å². The zero-order chi connectivity index (χ0) is 13.9. The minimum atomic E-state index is -2.69. The summed E-state index contributed by atoms with van der Waals surface area (Å²) < 4.78 is 4.60. The van der Waals surface area contributed by atoms with Crippen LogP contribution in [0, 0.1) is 6.92 Å².